The number of primary amides is 1. The quantitative estimate of drug-likeness (QED) is 0.0364. The fraction of sp³-hybridized carbons (Fsp3) is 0.458. The van der Waals surface area contributed by atoms with Crippen LogP contribution >= 0.6 is 23.2 Å². The van der Waals surface area contributed by atoms with Gasteiger partial charge in [0.2, 0.25) is 53.4 Å². The molecule has 3 fully saturated rings. The van der Waals surface area contributed by atoms with Gasteiger partial charge in [0, 0.05) is 68.6 Å². The normalized spacial score (nSPS) is 26.8. The second-order valence-corrected chi connectivity index (χ2v) is 33.0. The summed E-state index contributed by atoms with van der Waals surface area (Å²) in [4.78, 5) is 135. The fourth-order valence-corrected chi connectivity index (χ4v) is 16.1. The van der Waals surface area contributed by atoms with Crippen molar-refractivity contribution in [3.8, 4) is 62.9 Å². The Balaban J connectivity index is 0.959. The topological polar surface area (TPSA) is 562 Å². The zero-order valence-corrected chi connectivity index (χ0v) is 70.7. The van der Waals surface area contributed by atoms with Gasteiger partial charge in [-0.1, -0.05) is 55.2 Å². The van der Waals surface area contributed by atoms with Gasteiger partial charge in [0.05, 0.1) is 54.0 Å². The van der Waals surface area contributed by atoms with E-state index in [1.54, 1.807) is 6.92 Å². The molecule has 686 valence electrons. The lowest BCUT2D eigenvalue weighted by atomic mass is 9.85. The molecule has 39 nitrogen and oxygen atoms in total. The standard InChI is InChI=1S/C83H98Cl2F3N13O26/c1-35(2)24-49(90-5)73(112)97-64-66(107)38-9-16-53(47(84)26-38)122-55-28-40-29-56(70(55)126-80-71(69(110)68(109)57(34-102)124-80)125-59-33-82(4,72(111)36(3)121-59)91-20-23-120-43-18-21-101(22-19-43)81(119)92-41-11-13-44(14-12-41)127-83(86,87)88)123-54-17-10-39(27-48(54)85)67(108)65-78(117)96-63(79(118)99-100(6)7)46-30-42(103)31-52(105)60(46)45-25-37(8-15-51(45)104)61(75(114)98-65)95-76(115)62(40)94-74(113)50(32-58(89)106)93-77(64)116/h8-17,25-31,35-36,43,49-50,57,59,61-69,71-72,80,90-91,102-105,107-111H,18-24,32-34H2,1-7H3,(H2,89,106)(H,92,119)(H,93,116)(H,94,113)(H,95,115)(H,96,117)(H,97,112)(H,98,114)(H,99,118)/t36?,49?,50?,57?,59?,61?,62?,63-,64?,65?,66?,67?,68?,69?,71?,72?,80?,82-/m1/s1. The van der Waals surface area contributed by atoms with E-state index in [2.05, 4.69) is 58.0 Å². The molecule has 11 bridgehead atoms. The first kappa shape index (κ1) is 94.9. The maximum Gasteiger partial charge on any atom is 0.573 e. The summed E-state index contributed by atoms with van der Waals surface area (Å²) in [6.45, 7) is 6.42. The van der Waals surface area contributed by atoms with Gasteiger partial charge in [-0.05, 0) is 153 Å². The van der Waals surface area contributed by atoms with Crippen molar-refractivity contribution in [2.45, 2.75) is 182 Å². The summed E-state index contributed by atoms with van der Waals surface area (Å²) in [6.07, 6.45) is -23.7. The van der Waals surface area contributed by atoms with E-state index in [0.717, 1.165) is 72.8 Å². The number of phenolic OH excluding ortho intramolecular Hbond substituents is 3. The van der Waals surface area contributed by atoms with E-state index in [1.165, 1.54) is 68.3 Å². The summed E-state index contributed by atoms with van der Waals surface area (Å²) in [5, 5.41) is 131. The van der Waals surface area contributed by atoms with Crippen LogP contribution in [0.2, 0.25) is 10.0 Å². The Morgan fingerprint density at radius 3 is 1.95 bits per heavy atom. The average Bonchev–Trinajstić information content (AvgIpc) is 0.761. The molecule has 8 aliphatic heterocycles. The lowest BCUT2D eigenvalue weighted by Crippen LogP contribution is -2.65. The first-order valence-corrected chi connectivity index (χ1v) is 41.0. The van der Waals surface area contributed by atoms with Gasteiger partial charge >= 0.3 is 12.4 Å². The van der Waals surface area contributed by atoms with Crippen LogP contribution < -0.4 is 78.0 Å². The minimum atomic E-state index is -4.91. The molecule has 127 heavy (non-hydrogen) atoms. The summed E-state index contributed by atoms with van der Waals surface area (Å²) >= 11 is 14.4. The van der Waals surface area contributed by atoms with E-state index in [9.17, 15) is 78.3 Å². The smallest absolute Gasteiger partial charge is 0.508 e. The van der Waals surface area contributed by atoms with Crippen molar-refractivity contribution in [1.29, 1.82) is 0 Å². The molecule has 8 aliphatic rings. The van der Waals surface area contributed by atoms with E-state index in [4.69, 9.17) is 62.1 Å². The average molecular weight is 1820 g/mol. The van der Waals surface area contributed by atoms with Crippen LogP contribution in [0.1, 0.15) is 118 Å². The monoisotopic (exact) mass is 1820 g/mol. The number of aromatic hydroxyl groups is 3. The number of halogens is 5. The Morgan fingerprint density at radius 1 is 0.724 bits per heavy atom. The number of aliphatic hydroxyl groups excluding tert-OH is 6. The number of likely N-dealkylation sites (N-methyl/N-ethyl adjacent to an activating group) is 1. The Morgan fingerprint density at radius 2 is 1.35 bits per heavy atom. The van der Waals surface area contributed by atoms with Crippen molar-refractivity contribution >= 4 is 82.2 Å². The lowest BCUT2D eigenvalue weighted by Gasteiger charge is -2.48. The Bertz CT molecular complexity index is 5100. The van der Waals surface area contributed by atoms with E-state index in [0.29, 0.717) is 12.8 Å². The van der Waals surface area contributed by atoms with Gasteiger partial charge in [-0.3, -0.25) is 43.8 Å². The number of piperidine rings is 1. The number of hydrogen-bond donors (Lipinski definition) is 20. The highest BCUT2D eigenvalue weighted by atomic mass is 35.5. The molecule has 0 saturated carbocycles. The predicted molar refractivity (Wildman–Crippen MR) is 440 cm³/mol. The van der Waals surface area contributed by atoms with E-state index in [-0.39, 0.29) is 79.2 Å². The molecule has 8 heterocycles. The molecule has 6 aromatic rings. The number of nitrogens with two attached hydrogens (primary N) is 1. The molecule has 0 radical (unpaired) electrons. The first-order valence-electron chi connectivity index (χ1n) is 40.3. The zero-order chi connectivity index (χ0) is 92.1. The first-order chi connectivity index (χ1) is 60.1. The Kier molecular flexibility index (Phi) is 29.9. The van der Waals surface area contributed by atoms with Gasteiger partial charge in [-0.25, -0.2) is 9.80 Å². The highest BCUT2D eigenvalue weighted by molar-refractivity contribution is 6.32. The second kappa shape index (κ2) is 40.0. The van der Waals surface area contributed by atoms with Crippen LogP contribution in [0.25, 0.3) is 11.1 Å². The molecular weight excluding hydrogens is 1720 g/mol. The van der Waals surface area contributed by atoms with Crippen molar-refractivity contribution in [3.05, 3.63) is 141 Å². The molecule has 0 aliphatic carbocycles. The second-order valence-electron chi connectivity index (χ2n) is 32.1. The number of carbonyl (C=O) groups is 9. The molecule has 10 amide bonds. The number of fused-ring (bicyclic) bond motifs is 15. The molecule has 18 atom stereocenters. The van der Waals surface area contributed by atoms with Crippen LogP contribution in [0.4, 0.5) is 23.7 Å². The van der Waals surface area contributed by atoms with Gasteiger partial charge < -0.3 is 142 Å². The third-order valence-corrected chi connectivity index (χ3v) is 22.7. The number of ether oxygens (including phenoxy) is 8. The van der Waals surface area contributed by atoms with E-state index >= 15 is 24.0 Å². The molecule has 44 heteroatoms. The van der Waals surface area contributed by atoms with Gasteiger partial charge in [-0.15, -0.1) is 13.2 Å². The summed E-state index contributed by atoms with van der Waals surface area (Å²) in [5.41, 5.74) is 4.66. The number of urea groups is 1. The Labute approximate surface area is 733 Å². The number of alkyl halides is 3. The maximum absolute atomic E-state index is 16.3. The summed E-state index contributed by atoms with van der Waals surface area (Å²) < 4.78 is 87.9. The number of benzene rings is 6. The zero-order valence-electron chi connectivity index (χ0n) is 69.2. The number of nitrogens with zero attached hydrogens (tertiary/aromatic N) is 2. The fourth-order valence-electron chi connectivity index (χ4n) is 15.7. The molecule has 21 N–H and O–H groups in total. The summed E-state index contributed by atoms with van der Waals surface area (Å²) in [6, 6.07) is 3.98. The number of anilines is 1. The molecule has 14 rings (SSSR count). The van der Waals surface area contributed by atoms with Crippen molar-refractivity contribution in [1.82, 2.24) is 57.9 Å². The molecule has 16 unspecified atom stereocenters. The predicted octanol–water partition coefficient (Wildman–Crippen LogP) is 2.86. The van der Waals surface area contributed by atoms with Gasteiger partial charge in [0.25, 0.3) is 5.91 Å². The summed E-state index contributed by atoms with van der Waals surface area (Å²) in [7, 11) is 4.28. The molecule has 3 saturated heterocycles. The maximum atomic E-state index is 16.3. The number of amides is 10. The molecular formula is C83H98Cl2F3N13O26. The van der Waals surface area contributed by atoms with E-state index in [1.807, 2.05) is 13.8 Å². The minimum Gasteiger partial charge on any atom is -0.508 e. The van der Waals surface area contributed by atoms with Crippen LogP contribution in [-0.4, -0.2) is 255 Å². The number of nitrogens with one attached hydrogen (secondary N) is 10. The van der Waals surface area contributed by atoms with Crippen molar-refractivity contribution in [2.75, 3.05) is 59.3 Å². The number of phenols is 3. The van der Waals surface area contributed by atoms with Gasteiger partial charge in [-0.2, -0.15) is 0 Å². The molecule has 6 aromatic carbocycles. The highest BCUT2D eigenvalue weighted by Crippen LogP contribution is 2.50. The largest absolute Gasteiger partial charge is 0.573 e. The number of likely N-dealkylation sites (tertiary alicyclic amines) is 1. The van der Waals surface area contributed by atoms with Crippen LogP contribution in [0, 0.1) is 5.92 Å². The Hall–Kier alpha value is -11.2. The van der Waals surface area contributed by atoms with Crippen LogP contribution in [0.15, 0.2) is 103 Å². The van der Waals surface area contributed by atoms with E-state index < -0.39 is 260 Å². The molecule has 0 spiro atoms. The van der Waals surface area contributed by atoms with Crippen LogP contribution in [0.3, 0.4) is 0 Å². The third-order valence-electron chi connectivity index (χ3n) is 22.1. The SMILES string of the molecule is CNC(CC(C)C)C(=O)NC1C(=O)NC(CC(N)=O)C(=O)NC2C(=O)NC3C(=O)NC(C(=O)N[C@@H](C(=O)NN(C)C)c4cc(O)cc(O)c4-c4cc3ccc4O)C(O)c3ccc(c(Cl)c3)Oc3cc2cc(c3OC2OC(CO)C(O)C(O)C2OC2C[C@@](C)(NCCOC3CCN(C(=O)Nc4ccc(OC(F)(F)F)cc4)CC3)C(O)C(C)O2)Oc2ccc(cc2Cl)C1O. The lowest BCUT2D eigenvalue weighted by molar-refractivity contribution is -0.334. The number of hydrazine groups is 1. The van der Waals surface area contributed by atoms with Crippen molar-refractivity contribution in [3.63, 3.8) is 0 Å². The highest BCUT2D eigenvalue weighted by Gasteiger charge is 2.53. The third kappa shape index (κ3) is 22.3. The number of carbonyl (C=O) groups excluding carboxylic acids is 9. The minimum absolute atomic E-state index is 0.0602. The van der Waals surface area contributed by atoms with Crippen molar-refractivity contribution in [2.24, 2.45) is 11.7 Å². The molecule has 0 aromatic heterocycles. The summed E-state index contributed by atoms with van der Waals surface area (Å²) in [5.74, 6) is -15.6. The van der Waals surface area contributed by atoms with Gasteiger partial charge in [0.1, 0.15) is 101 Å². The number of aliphatic hydroxyl groups is 6. The van der Waals surface area contributed by atoms with Crippen molar-refractivity contribution < 1.29 is 140 Å². The van der Waals surface area contributed by atoms with Crippen LogP contribution in [-0.2, 0) is 57.3 Å². The van der Waals surface area contributed by atoms with Gasteiger partial charge in [0.15, 0.2) is 23.9 Å². The number of hydrogen-bond acceptors (Lipinski definition) is 29. The number of rotatable bonds is 21. The van der Waals surface area contributed by atoms with Crippen LogP contribution in [0.5, 0.6) is 51.7 Å².